The number of esters is 2. The van der Waals surface area contributed by atoms with Gasteiger partial charge < -0.3 is 14.2 Å². The summed E-state index contributed by atoms with van der Waals surface area (Å²) < 4.78 is 15.5. The van der Waals surface area contributed by atoms with Crippen LogP contribution in [-0.2, 0) is 19.1 Å². The van der Waals surface area contributed by atoms with Gasteiger partial charge in [-0.2, -0.15) is 0 Å². The summed E-state index contributed by atoms with van der Waals surface area (Å²) in [6, 6.07) is 7.34. The molecule has 0 N–H and O–H groups in total. The Bertz CT molecular complexity index is 548. The first kappa shape index (κ1) is 18.7. The minimum absolute atomic E-state index is 0.118. The van der Waals surface area contributed by atoms with Gasteiger partial charge in [0.1, 0.15) is 5.75 Å². The maximum Gasteiger partial charge on any atom is 0.334 e. The lowest BCUT2D eigenvalue weighted by Gasteiger charge is -2.08. The molecule has 0 bridgehead atoms. The molecule has 0 saturated carbocycles. The molecule has 1 aromatic carbocycles. The van der Waals surface area contributed by atoms with Crippen molar-refractivity contribution >= 4 is 18.0 Å². The molecule has 0 fully saturated rings. The Balaban J connectivity index is 2.97. The Labute approximate surface area is 137 Å². The Morgan fingerprint density at radius 2 is 1.83 bits per heavy atom. The third kappa shape index (κ3) is 7.00. The van der Waals surface area contributed by atoms with Crippen LogP contribution in [-0.4, -0.2) is 31.8 Å². The minimum atomic E-state index is -0.513. The first-order chi connectivity index (χ1) is 11.1. The smallest absolute Gasteiger partial charge is 0.334 e. The van der Waals surface area contributed by atoms with Crippen LogP contribution < -0.4 is 4.74 Å². The fraction of sp³-hybridized carbons (Fsp3) is 0.444. The van der Waals surface area contributed by atoms with Crippen molar-refractivity contribution in [3.63, 3.8) is 0 Å². The highest BCUT2D eigenvalue weighted by Gasteiger charge is 2.16. The Morgan fingerprint density at radius 3 is 2.48 bits per heavy atom. The number of hydrogen-bond donors (Lipinski definition) is 0. The zero-order valence-corrected chi connectivity index (χ0v) is 14.0. The highest BCUT2D eigenvalue weighted by atomic mass is 16.5. The van der Waals surface area contributed by atoms with Crippen LogP contribution in [0.1, 0.15) is 39.2 Å². The molecule has 0 atom stereocenters. The van der Waals surface area contributed by atoms with Crippen LogP contribution in [0, 0.1) is 0 Å². The van der Waals surface area contributed by atoms with Crippen LogP contribution in [0.5, 0.6) is 5.75 Å². The Hall–Kier alpha value is -2.30. The number of benzene rings is 1. The molecule has 1 rings (SSSR count). The van der Waals surface area contributed by atoms with Crippen LogP contribution in [0.3, 0.4) is 0 Å². The lowest BCUT2D eigenvalue weighted by molar-refractivity contribution is -0.145. The molecular weight excluding hydrogens is 296 g/mol. The maximum absolute atomic E-state index is 12.0. The van der Waals surface area contributed by atoms with Gasteiger partial charge in [0, 0.05) is 5.57 Å². The fourth-order valence-electron chi connectivity index (χ4n) is 1.89. The van der Waals surface area contributed by atoms with E-state index in [1.807, 2.05) is 31.2 Å². The van der Waals surface area contributed by atoms with Crippen molar-refractivity contribution in [2.45, 2.75) is 33.6 Å². The second-order valence-corrected chi connectivity index (χ2v) is 4.79. The van der Waals surface area contributed by atoms with E-state index < -0.39 is 11.9 Å². The Kier molecular flexibility index (Phi) is 8.50. The molecule has 5 nitrogen and oxygen atoms in total. The van der Waals surface area contributed by atoms with Gasteiger partial charge >= 0.3 is 11.9 Å². The summed E-state index contributed by atoms with van der Waals surface area (Å²) in [6.07, 6.45) is 2.43. The predicted octanol–water partition coefficient (Wildman–Crippen LogP) is 3.38. The van der Waals surface area contributed by atoms with Crippen molar-refractivity contribution in [1.82, 2.24) is 0 Å². The highest BCUT2D eigenvalue weighted by Crippen LogP contribution is 2.18. The van der Waals surface area contributed by atoms with E-state index in [2.05, 4.69) is 0 Å². The van der Waals surface area contributed by atoms with Crippen molar-refractivity contribution in [3.05, 3.63) is 35.4 Å². The van der Waals surface area contributed by atoms with Gasteiger partial charge in [0.15, 0.2) is 0 Å². The predicted molar refractivity (Wildman–Crippen MR) is 88.1 cm³/mol. The molecule has 0 unspecified atom stereocenters. The van der Waals surface area contributed by atoms with Crippen molar-refractivity contribution < 1.29 is 23.8 Å². The zero-order valence-electron chi connectivity index (χ0n) is 14.0. The van der Waals surface area contributed by atoms with Crippen LogP contribution >= 0.6 is 0 Å². The first-order valence-corrected chi connectivity index (χ1v) is 7.86. The van der Waals surface area contributed by atoms with Crippen molar-refractivity contribution in [2.24, 2.45) is 0 Å². The Morgan fingerprint density at radius 1 is 1.09 bits per heavy atom. The summed E-state index contributed by atoms with van der Waals surface area (Å²) in [4.78, 5) is 23.7. The molecule has 0 aliphatic heterocycles. The molecule has 126 valence electrons. The summed E-state index contributed by atoms with van der Waals surface area (Å²) >= 11 is 0. The molecule has 1 aromatic rings. The van der Waals surface area contributed by atoms with Gasteiger partial charge in [0.2, 0.25) is 0 Å². The van der Waals surface area contributed by atoms with E-state index in [1.54, 1.807) is 19.9 Å². The molecule has 0 radical (unpaired) electrons. The molecule has 0 amide bonds. The molecular formula is C18H24O5. The van der Waals surface area contributed by atoms with Crippen LogP contribution in [0.15, 0.2) is 29.8 Å². The van der Waals surface area contributed by atoms with E-state index in [4.69, 9.17) is 14.2 Å². The largest absolute Gasteiger partial charge is 0.494 e. The number of carbonyl (C=O) groups excluding carboxylic acids is 2. The number of rotatable bonds is 9. The molecule has 0 aliphatic rings. The van der Waals surface area contributed by atoms with Crippen molar-refractivity contribution in [1.29, 1.82) is 0 Å². The third-order valence-electron chi connectivity index (χ3n) is 2.85. The van der Waals surface area contributed by atoms with E-state index in [0.29, 0.717) is 6.61 Å². The molecule has 0 spiro atoms. The quantitative estimate of drug-likeness (QED) is 0.515. The van der Waals surface area contributed by atoms with E-state index in [9.17, 15) is 9.59 Å². The lowest BCUT2D eigenvalue weighted by atomic mass is 10.1. The summed E-state index contributed by atoms with van der Waals surface area (Å²) in [5.41, 5.74) is 1.03. The number of hydrogen-bond acceptors (Lipinski definition) is 5. The van der Waals surface area contributed by atoms with Crippen LogP contribution in [0.2, 0.25) is 0 Å². The monoisotopic (exact) mass is 320 g/mol. The summed E-state index contributed by atoms with van der Waals surface area (Å²) in [7, 11) is 0. The summed E-state index contributed by atoms with van der Waals surface area (Å²) in [5, 5.41) is 0. The topological polar surface area (TPSA) is 61.8 Å². The minimum Gasteiger partial charge on any atom is -0.494 e. The molecule has 0 heterocycles. The maximum atomic E-state index is 12.0. The van der Waals surface area contributed by atoms with E-state index in [0.717, 1.165) is 17.7 Å². The molecule has 23 heavy (non-hydrogen) atoms. The van der Waals surface area contributed by atoms with E-state index in [-0.39, 0.29) is 25.2 Å². The van der Waals surface area contributed by atoms with Gasteiger partial charge in [-0.15, -0.1) is 0 Å². The van der Waals surface area contributed by atoms with Crippen molar-refractivity contribution in [3.8, 4) is 5.75 Å². The second-order valence-electron chi connectivity index (χ2n) is 4.79. The average Bonchev–Trinajstić information content (AvgIpc) is 2.53. The van der Waals surface area contributed by atoms with Crippen molar-refractivity contribution in [2.75, 3.05) is 19.8 Å². The van der Waals surface area contributed by atoms with Gasteiger partial charge in [0.25, 0.3) is 0 Å². The normalized spacial score (nSPS) is 11.0. The second kappa shape index (κ2) is 10.4. The third-order valence-corrected chi connectivity index (χ3v) is 2.85. The standard InChI is InChI=1S/C18H24O5/c1-4-10-23-16-9-7-8-14(12-16)11-15(18(20)22-6-3)13-17(19)21-5-2/h7-9,11-12H,4-6,10,13H2,1-3H3. The summed E-state index contributed by atoms with van der Waals surface area (Å²) in [6.45, 7) is 6.62. The fourth-order valence-corrected chi connectivity index (χ4v) is 1.89. The molecule has 0 saturated heterocycles. The van der Waals surface area contributed by atoms with E-state index >= 15 is 0 Å². The zero-order chi connectivity index (χ0) is 17.1. The van der Waals surface area contributed by atoms with Gasteiger partial charge in [0.05, 0.1) is 26.2 Å². The van der Waals surface area contributed by atoms with Gasteiger partial charge in [-0.3, -0.25) is 4.79 Å². The molecule has 0 aromatic heterocycles. The van der Waals surface area contributed by atoms with Gasteiger partial charge in [-0.25, -0.2) is 4.79 Å². The SMILES string of the molecule is CCCOc1cccc(C=C(CC(=O)OCC)C(=O)OCC)c1. The highest BCUT2D eigenvalue weighted by molar-refractivity contribution is 5.98. The number of carbonyl (C=O) groups is 2. The van der Waals surface area contributed by atoms with Crippen LogP contribution in [0.25, 0.3) is 6.08 Å². The molecule has 5 heteroatoms. The first-order valence-electron chi connectivity index (χ1n) is 7.86. The summed E-state index contributed by atoms with van der Waals surface area (Å²) in [5.74, 6) is -0.245. The van der Waals surface area contributed by atoms with Gasteiger partial charge in [-0.1, -0.05) is 19.1 Å². The molecule has 0 aliphatic carbocycles. The lowest BCUT2D eigenvalue weighted by Crippen LogP contribution is -2.13. The number of ether oxygens (including phenoxy) is 3. The van der Waals surface area contributed by atoms with E-state index in [1.165, 1.54) is 0 Å². The van der Waals surface area contributed by atoms with Gasteiger partial charge in [-0.05, 0) is 44.0 Å². The average molecular weight is 320 g/mol. The van der Waals surface area contributed by atoms with Crippen LogP contribution in [0.4, 0.5) is 0 Å².